The molecule has 1 aliphatic heterocycles. The molecular weight excluding hydrogens is 1840 g/mol. The summed E-state index contributed by atoms with van der Waals surface area (Å²) in [6.07, 6.45) is 1.40. The molecule has 8 rings (SSSR count). The van der Waals surface area contributed by atoms with Crippen molar-refractivity contribution in [2.24, 2.45) is 35.9 Å². The number of aromatic hydroxyl groups is 2. The third-order valence-corrected chi connectivity index (χ3v) is 24.6. The van der Waals surface area contributed by atoms with Crippen LogP contribution in [0.1, 0.15) is 126 Å². The van der Waals surface area contributed by atoms with Crippen molar-refractivity contribution >= 4 is 123 Å². The monoisotopic (exact) mass is 1970 g/mol. The van der Waals surface area contributed by atoms with E-state index in [2.05, 4.69) is 95.0 Å². The van der Waals surface area contributed by atoms with Crippen LogP contribution < -0.4 is 108 Å². The van der Waals surface area contributed by atoms with Crippen LogP contribution in [0.3, 0.4) is 0 Å². The molecule has 1 aliphatic rings. The Labute approximate surface area is 819 Å². The number of phenolic OH excluding ortho intramolecular Hbond substituents is 2. The van der Waals surface area contributed by atoms with Crippen molar-refractivity contribution in [3.8, 4) is 11.5 Å². The lowest BCUT2D eigenvalue weighted by molar-refractivity contribution is -0.138. The molecule has 5 aromatic carbocycles. The minimum absolute atomic E-state index is 0.0219. The lowest BCUT2D eigenvalue weighted by Crippen LogP contribution is -2.64. The van der Waals surface area contributed by atoms with Crippen LogP contribution in [-0.2, 0) is 122 Å². The highest BCUT2D eigenvalue weighted by Crippen LogP contribution is 2.23. The average Bonchev–Trinajstić information content (AvgIpc) is 1.74. The van der Waals surface area contributed by atoms with Gasteiger partial charge >= 0.3 is 0 Å². The number of carbonyl (C=O) groups excluding carboxylic acids is 16. The number of primary amides is 1. The number of aromatic amines is 1. The first kappa shape index (κ1) is 112. The summed E-state index contributed by atoms with van der Waals surface area (Å²) in [4.78, 5) is 245. The van der Waals surface area contributed by atoms with Gasteiger partial charge in [-0.2, -0.15) is 0 Å². The lowest BCUT2D eigenvalue weighted by Gasteiger charge is -2.31. The van der Waals surface area contributed by atoms with E-state index in [0.717, 1.165) is 18.7 Å². The fraction of sp³-hybridized carbons (Fsp3) is 0.458. The van der Waals surface area contributed by atoms with Crippen LogP contribution in [0.5, 0.6) is 11.5 Å². The number of phenols is 2. The number of hydrogen-bond acceptors (Lipinski definition) is 25. The summed E-state index contributed by atoms with van der Waals surface area (Å²) in [5, 5.41) is 93.8. The molecule has 0 aliphatic carbocycles. The van der Waals surface area contributed by atoms with Gasteiger partial charge in [0.2, 0.25) is 94.5 Å². The van der Waals surface area contributed by atoms with E-state index in [1.807, 2.05) is 0 Å². The van der Waals surface area contributed by atoms with Gasteiger partial charge in [0.1, 0.15) is 95.6 Å². The van der Waals surface area contributed by atoms with E-state index in [9.17, 15) is 63.6 Å². The summed E-state index contributed by atoms with van der Waals surface area (Å²) >= 11 is 0.754. The van der Waals surface area contributed by atoms with Crippen molar-refractivity contribution in [2.75, 3.05) is 44.3 Å². The third kappa shape index (κ3) is 36.0. The number of imidazole rings is 1. The number of nitrogens with one attached hydrogen (secondary N) is 18. The van der Waals surface area contributed by atoms with E-state index in [1.165, 1.54) is 79.5 Å². The topological polar surface area (TPSA) is 708 Å². The van der Waals surface area contributed by atoms with Crippen molar-refractivity contribution in [1.82, 2.24) is 99.6 Å². The summed E-state index contributed by atoms with van der Waals surface area (Å²) in [6.45, 7) is 5.30. The predicted molar refractivity (Wildman–Crippen MR) is 523 cm³/mol. The molecule has 0 bridgehead atoms. The van der Waals surface area contributed by atoms with Gasteiger partial charge < -0.3 is 138 Å². The number of guanidine groups is 1. The number of unbranched alkanes of at least 4 members (excludes halogenated alkanes) is 2. The van der Waals surface area contributed by atoms with E-state index >= 15 is 33.6 Å². The Bertz CT molecular complexity index is 5420. The van der Waals surface area contributed by atoms with Crippen molar-refractivity contribution < 1.29 is 97.1 Å². The van der Waals surface area contributed by atoms with Gasteiger partial charge in [0.15, 0.2) is 5.96 Å². The van der Waals surface area contributed by atoms with Crippen LogP contribution in [-0.4, -0.2) is 270 Å². The molecule has 15 atom stereocenters. The van der Waals surface area contributed by atoms with E-state index in [4.69, 9.17) is 28.3 Å². The van der Waals surface area contributed by atoms with E-state index in [1.54, 1.807) is 112 Å². The second kappa shape index (κ2) is 55.9. The Balaban J connectivity index is 1.22. The number of H-pyrrole nitrogens is 1. The van der Waals surface area contributed by atoms with E-state index in [0.29, 0.717) is 57.3 Å². The Kier molecular flexibility index (Phi) is 44.3. The first-order valence-corrected chi connectivity index (χ1v) is 47.7. The van der Waals surface area contributed by atoms with Crippen LogP contribution in [0.15, 0.2) is 152 Å². The first-order valence-electron chi connectivity index (χ1n) is 46.6. The van der Waals surface area contributed by atoms with Gasteiger partial charge in [-0.3, -0.25) is 82.1 Å². The summed E-state index contributed by atoms with van der Waals surface area (Å²) in [5.74, 6) is -18.9. The lowest BCUT2D eigenvalue weighted by atomic mass is 9.96. The number of thioether (sulfide) groups is 1. The standard InChI is InChI=1S/C96H132N24O20S/c1-7-54(2)79-92(138)109-68(29-20-40-103-95(100)101)82(128)107-67(28-17-19-39-98)84(130)114-75(50-121)91(137)119-96(4,5)94(140)116-72(42-57-23-12-9-13-24-57)88(134)108-66(27-16-18-38-97)83(129)110-70(43-58-30-34-62(123)35-31-58)86(132)112-73(45-60-47-104-65-26-15-14-25-64(60)65)89(135)111-71(44-59-32-36-63(124)37-33-59)87(133)115-76(81(127)105-49-77(99)125)51-141-52-78(126)106-69(41-56-21-10-8-11-22-56)85(131)113-74(46-61-48-102-53-120(61)6)90(136)118-80(55(3)122)93(139)117-79/h8-15,21-26,30-37,47-48,53-55,66-76,79-80,104,121-124H,7,16-20,27-29,38-46,49-52,97-98H2,1-6H3,(H2,99,125)(H,105,127)(H,106,126)(H,107,128)(H,108,134)(H,109,138)(H,110,129)(H,111,135)(H,112,132)(H,113,131)(H,114,130)(H,115,133)(H,116,140)(H,117,139)(H,118,136)(H,119,137)(H4,100,101,103)/t54-,55+,66-,67-,68-,69-,70-,71-,72-,73-,74-,75-,76-,79-,80-/m0/s1. The molecule has 1 saturated heterocycles. The Morgan fingerprint density at radius 1 is 0.496 bits per heavy atom. The van der Waals surface area contributed by atoms with Crippen LogP contribution >= 0.6 is 11.8 Å². The molecule has 30 N–H and O–H groups in total. The zero-order chi connectivity index (χ0) is 103. The number of hydrogen-bond donors (Lipinski definition) is 26. The number of nitrogens with two attached hydrogens (primary N) is 4. The molecule has 3 heterocycles. The third-order valence-electron chi connectivity index (χ3n) is 23.6. The SMILES string of the molecule is CC[C@H](C)[C@@H]1NC(=O)[C@H]([C@@H](C)O)NC(=O)[C@H](Cc2cncn2C)NC(=O)[C@H](Cc2ccccc2)NC(=O)CSC[C@@H](C(=O)NCC(N)=O)NC(=O)[C@H](Cc2ccc(O)cc2)NC(=O)[C@H](Cc2c[nH]c3ccccc23)NC(=O)[C@H](Cc2ccc(O)cc2)NC(=O)[C@H](CCCCN)NC(=O)[C@H](Cc2ccccc2)NC(=O)C(C)(C)NC(=O)[C@H](CO)NC(=O)[C@H](CCCCN)NC(=O)[C@H](CCCNC(=N)N)NC1=O. The predicted octanol–water partition coefficient (Wildman–Crippen LogP) is -3.45. The average molecular weight is 1970 g/mol. The van der Waals surface area contributed by atoms with Crippen molar-refractivity contribution in [3.63, 3.8) is 0 Å². The van der Waals surface area contributed by atoms with Gasteiger partial charge in [0.25, 0.3) is 0 Å². The molecule has 0 radical (unpaired) electrons. The van der Waals surface area contributed by atoms with Gasteiger partial charge in [-0.25, -0.2) is 4.98 Å². The summed E-state index contributed by atoms with van der Waals surface area (Å²) < 4.78 is 1.53. The normalized spacial score (nSPS) is 22.7. The van der Waals surface area contributed by atoms with Crippen molar-refractivity contribution in [1.29, 1.82) is 5.41 Å². The maximum Gasteiger partial charge on any atom is 0.245 e. The van der Waals surface area contributed by atoms with Gasteiger partial charge in [-0.1, -0.05) is 123 Å². The molecule has 0 saturated carbocycles. The van der Waals surface area contributed by atoms with Crippen molar-refractivity contribution in [2.45, 2.75) is 221 Å². The molecule has 44 nitrogen and oxygen atoms in total. The fourth-order valence-electron chi connectivity index (χ4n) is 15.3. The first-order chi connectivity index (χ1) is 67.3. The molecule has 16 amide bonds. The molecule has 0 unspecified atom stereocenters. The van der Waals surface area contributed by atoms with E-state index in [-0.39, 0.29) is 115 Å². The molecule has 0 spiro atoms. The molecule has 2 aromatic heterocycles. The largest absolute Gasteiger partial charge is 0.508 e. The maximum absolute atomic E-state index is 15.7. The van der Waals surface area contributed by atoms with E-state index < -0.39 is 221 Å². The summed E-state index contributed by atoms with van der Waals surface area (Å²) in [7, 11) is 1.60. The fourth-order valence-corrected chi connectivity index (χ4v) is 16.2. The van der Waals surface area contributed by atoms with Gasteiger partial charge in [0.05, 0.1) is 31.3 Å². The Morgan fingerprint density at radius 3 is 1.39 bits per heavy atom. The molecule has 7 aromatic rings. The number of nitrogens with zero attached hydrogens (tertiary/aromatic N) is 2. The molecule has 762 valence electrons. The highest BCUT2D eigenvalue weighted by molar-refractivity contribution is 8.00. The minimum Gasteiger partial charge on any atom is -0.508 e. The number of para-hydroxylation sites is 1. The number of aryl methyl sites for hydroxylation is 1. The molecule has 1 fully saturated rings. The second-order valence-electron chi connectivity index (χ2n) is 35.2. The number of carbonyl (C=O) groups is 16. The molecule has 141 heavy (non-hydrogen) atoms. The molecule has 45 heteroatoms. The number of aliphatic hydroxyl groups is 2. The zero-order valence-electron chi connectivity index (χ0n) is 79.6. The number of amides is 16. The van der Waals surface area contributed by atoms with Gasteiger partial charge in [-0.05, 0) is 149 Å². The zero-order valence-corrected chi connectivity index (χ0v) is 80.4. The Hall–Kier alpha value is -14.6. The number of benzene rings is 5. The summed E-state index contributed by atoms with van der Waals surface area (Å²) in [6, 6.07) is 13.2. The van der Waals surface area contributed by atoms with Crippen molar-refractivity contribution in [3.05, 3.63) is 186 Å². The highest BCUT2D eigenvalue weighted by atomic mass is 32.2. The van der Waals surface area contributed by atoms with Gasteiger partial charge in [-0.15, -0.1) is 11.8 Å². The smallest absolute Gasteiger partial charge is 0.245 e. The van der Waals surface area contributed by atoms with Crippen LogP contribution in [0.2, 0.25) is 0 Å². The second-order valence-corrected chi connectivity index (χ2v) is 36.3. The van der Waals surface area contributed by atoms with Crippen LogP contribution in [0.4, 0.5) is 0 Å². The highest BCUT2D eigenvalue weighted by Gasteiger charge is 2.42. The number of fused-ring (bicyclic) bond motifs is 1. The quantitative estimate of drug-likeness (QED) is 0.0114. The van der Waals surface area contributed by atoms with Crippen LogP contribution in [0.25, 0.3) is 10.9 Å². The Morgan fingerprint density at radius 2 is 0.915 bits per heavy atom. The minimum atomic E-state index is -2.04. The molecular formula is C96H132N24O20S. The van der Waals surface area contributed by atoms with Gasteiger partial charge in [0, 0.05) is 86.9 Å². The number of aromatic nitrogens is 3. The number of rotatable bonds is 31. The summed E-state index contributed by atoms with van der Waals surface area (Å²) in [5.41, 5.74) is 24.0. The van der Waals surface area contributed by atoms with Crippen LogP contribution in [0, 0.1) is 11.3 Å². The number of aliphatic hydroxyl groups excluding tert-OH is 2. The maximum atomic E-state index is 15.7.